The number of amides is 2. The lowest BCUT2D eigenvalue weighted by atomic mass is 10.2. The zero-order chi connectivity index (χ0) is 22.9. The summed E-state index contributed by atoms with van der Waals surface area (Å²) in [5, 5.41) is 28.5. The lowest BCUT2D eigenvalue weighted by Crippen LogP contribution is -2.28. The Hall–Kier alpha value is -4.03. The van der Waals surface area contributed by atoms with Crippen molar-refractivity contribution in [1.29, 1.82) is 0 Å². The zero-order valence-corrected chi connectivity index (χ0v) is 17.8. The third-order valence-electron chi connectivity index (χ3n) is 4.98. The predicted molar refractivity (Wildman–Crippen MR) is 111 cm³/mol. The lowest BCUT2D eigenvalue weighted by molar-refractivity contribution is -0.389. The second kappa shape index (κ2) is 8.38. The smallest absolute Gasteiger partial charge is 0.358 e. The number of anilines is 2. The summed E-state index contributed by atoms with van der Waals surface area (Å²) in [6.45, 7) is 5.21. The van der Waals surface area contributed by atoms with E-state index >= 15 is 0 Å². The summed E-state index contributed by atoms with van der Waals surface area (Å²) in [7, 11) is 3.34. The van der Waals surface area contributed by atoms with Crippen molar-refractivity contribution in [3.05, 3.63) is 45.7 Å². The van der Waals surface area contributed by atoms with Gasteiger partial charge in [-0.1, -0.05) is 6.92 Å². The number of nitrogens with zero attached hydrogens (tertiary/aromatic N) is 7. The summed E-state index contributed by atoms with van der Waals surface area (Å²) in [4.78, 5) is 36.2. The van der Waals surface area contributed by atoms with Gasteiger partial charge >= 0.3 is 5.82 Å². The molecule has 3 heterocycles. The molecule has 3 aromatic rings. The van der Waals surface area contributed by atoms with Crippen LogP contribution in [-0.2, 0) is 18.9 Å². The third kappa shape index (κ3) is 4.15. The lowest BCUT2D eigenvalue weighted by Gasteiger charge is -2.14. The molecule has 0 saturated heterocycles. The maximum Gasteiger partial charge on any atom is 0.390 e. The van der Waals surface area contributed by atoms with Crippen LogP contribution in [0.25, 0.3) is 0 Å². The molecular weight excluding hydrogens is 406 g/mol. The maximum absolute atomic E-state index is 13.0. The van der Waals surface area contributed by atoms with Crippen LogP contribution in [0.2, 0.25) is 0 Å². The van der Waals surface area contributed by atoms with Crippen molar-refractivity contribution in [3.8, 4) is 0 Å². The standard InChI is InChI=1S/C18H23N9O4/c1-6-14(26-10(2)7-15(23-26)27(30)31)17(28)22-13-9-20-25(5)16(13)18(29)21-12-8-19-24(4)11(12)3/h7-9,14H,6H2,1-5H3,(H,21,29)(H,22,28). The minimum absolute atomic E-state index is 0.148. The van der Waals surface area contributed by atoms with Crippen molar-refractivity contribution in [3.63, 3.8) is 0 Å². The van der Waals surface area contributed by atoms with Crippen LogP contribution in [0.4, 0.5) is 17.2 Å². The summed E-state index contributed by atoms with van der Waals surface area (Å²) in [6, 6.07) is 0.500. The maximum atomic E-state index is 13.0. The van der Waals surface area contributed by atoms with Gasteiger partial charge in [0.05, 0.1) is 46.3 Å². The van der Waals surface area contributed by atoms with Gasteiger partial charge in [0.25, 0.3) is 11.8 Å². The average Bonchev–Trinajstić information content (AvgIpc) is 3.36. The normalized spacial score (nSPS) is 11.9. The van der Waals surface area contributed by atoms with Gasteiger partial charge in [0.2, 0.25) is 0 Å². The SMILES string of the molecule is CCC(C(=O)Nc1cnn(C)c1C(=O)Nc1cnn(C)c1C)n1nc([N+](=O)[O-])cc1C. The monoisotopic (exact) mass is 429 g/mol. The molecule has 1 atom stereocenters. The molecule has 0 radical (unpaired) electrons. The van der Waals surface area contributed by atoms with Gasteiger partial charge in [-0.15, -0.1) is 0 Å². The Labute approximate surface area is 177 Å². The Bertz CT molecular complexity index is 1160. The minimum Gasteiger partial charge on any atom is -0.358 e. The number of hydrogen-bond donors (Lipinski definition) is 2. The molecule has 164 valence electrons. The third-order valence-corrected chi connectivity index (χ3v) is 4.98. The number of aromatic nitrogens is 6. The van der Waals surface area contributed by atoms with E-state index in [9.17, 15) is 19.7 Å². The first-order valence-electron chi connectivity index (χ1n) is 9.47. The van der Waals surface area contributed by atoms with Crippen molar-refractivity contribution in [2.45, 2.75) is 33.2 Å². The number of nitro groups is 1. The molecule has 0 spiro atoms. The largest absolute Gasteiger partial charge is 0.390 e. The van der Waals surface area contributed by atoms with Gasteiger partial charge in [-0.05, 0) is 25.2 Å². The summed E-state index contributed by atoms with van der Waals surface area (Å²) in [5.74, 6) is -1.27. The van der Waals surface area contributed by atoms with E-state index in [-0.39, 0.29) is 17.2 Å². The van der Waals surface area contributed by atoms with Crippen molar-refractivity contribution in [2.24, 2.45) is 14.1 Å². The molecular formula is C18H23N9O4. The molecule has 0 aliphatic carbocycles. The van der Waals surface area contributed by atoms with E-state index in [1.54, 1.807) is 32.6 Å². The Balaban J connectivity index is 1.84. The number of aryl methyl sites for hydroxylation is 3. The molecule has 3 rings (SSSR count). The van der Waals surface area contributed by atoms with E-state index < -0.39 is 22.8 Å². The first-order valence-corrected chi connectivity index (χ1v) is 9.47. The van der Waals surface area contributed by atoms with Crippen LogP contribution < -0.4 is 10.6 Å². The summed E-state index contributed by atoms with van der Waals surface area (Å²) >= 11 is 0. The van der Waals surface area contributed by atoms with E-state index in [1.807, 2.05) is 6.92 Å². The highest BCUT2D eigenvalue weighted by Crippen LogP contribution is 2.23. The molecule has 0 fully saturated rings. The van der Waals surface area contributed by atoms with Crippen LogP contribution >= 0.6 is 0 Å². The number of carbonyl (C=O) groups is 2. The number of rotatable bonds is 7. The van der Waals surface area contributed by atoms with Crippen LogP contribution in [0.1, 0.15) is 41.3 Å². The van der Waals surface area contributed by atoms with Crippen LogP contribution in [0.3, 0.4) is 0 Å². The molecule has 0 aliphatic rings. The Morgan fingerprint density at radius 2 is 1.77 bits per heavy atom. The van der Waals surface area contributed by atoms with E-state index in [0.29, 0.717) is 17.8 Å². The van der Waals surface area contributed by atoms with Gasteiger partial charge in [0.1, 0.15) is 5.69 Å². The molecule has 2 N–H and O–H groups in total. The van der Waals surface area contributed by atoms with Gasteiger partial charge in [-0.3, -0.25) is 19.0 Å². The van der Waals surface area contributed by atoms with E-state index in [1.165, 1.54) is 27.8 Å². The molecule has 0 saturated carbocycles. The molecule has 1 unspecified atom stereocenters. The molecule has 0 aliphatic heterocycles. The van der Waals surface area contributed by atoms with E-state index in [2.05, 4.69) is 25.9 Å². The molecule has 3 aromatic heterocycles. The van der Waals surface area contributed by atoms with Crippen LogP contribution in [0.15, 0.2) is 18.5 Å². The fourth-order valence-electron chi connectivity index (χ4n) is 3.16. The van der Waals surface area contributed by atoms with Gasteiger partial charge in [-0.25, -0.2) is 0 Å². The Morgan fingerprint density at radius 1 is 1.13 bits per heavy atom. The van der Waals surface area contributed by atoms with Gasteiger partial charge in [-0.2, -0.15) is 14.9 Å². The molecule has 0 aromatic carbocycles. The highest BCUT2D eigenvalue weighted by atomic mass is 16.6. The summed E-state index contributed by atoms with van der Waals surface area (Å²) in [5.41, 5.74) is 2.14. The second-order valence-corrected chi connectivity index (χ2v) is 7.01. The van der Waals surface area contributed by atoms with Crippen molar-refractivity contribution in [1.82, 2.24) is 29.3 Å². The Morgan fingerprint density at radius 3 is 2.32 bits per heavy atom. The van der Waals surface area contributed by atoms with Crippen molar-refractivity contribution < 1.29 is 14.5 Å². The zero-order valence-electron chi connectivity index (χ0n) is 17.8. The number of carbonyl (C=O) groups excluding carboxylic acids is 2. The number of nitrogens with one attached hydrogen (secondary N) is 2. The minimum atomic E-state index is -0.801. The molecule has 2 amide bonds. The Kier molecular flexibility index (Phi) is 5.86. The topological polar surface area (TPSA) is 155 Å². The van der Waals surface area contributed by atoms with E-state index in [0.717, 1.165) is 5.69 Å². The van der Waals surface area contributed by atoms with Crippen LogP contribution in [0.5, 0.6) is 0 Å². The highest BCUT2D eigenvalue weighted by Gasteiger charge is 2.29. The number of hydrogen-bond acceptors (Lipinski definition) is 7. The quantitative estimate of drug-likeness (QED) is 0.428. The average molecular weight is 429 g/mol. The van der Waals surface area contributed by atoms with Crippen LogP contribution in [0, 0.1) is 24.0 Å². The first kappa shape index (κ1) is 21.7. The molecule has 13 nitrogen and oxygen atoms in total. The fourth-order valence-corrected chi connectivity index (χ4v) is 3.16. The van der Waals surface area contributed by atoms with Gasteiger partial charge in [0.15, 0.2) is 6.04 Å². The van der Waals surface area contributed by atoms with Crippen molar-refractivity contribution >= 4 is 29.0 Å². The first-order chi connectivity index (χ1) is 14.6. The highest BCUT2D eigenvalue weighted by molar-refractivity contribution is 6.09. The molecule has 13 heteroatoms. The fraction of sp³-hybridized carbons (Fsp3) is 0.389. The van der Waals surface area contributed by atoms with Crippen molar-refractivity contribution in [2.75, 3.05) is 10.6 Å². The predicted octanol–water partition coefficient (Wildman–Crippen LogP) is 1.72. The molecule has 31 heavy (non-hydrogen) atoms. The second-order valence-electron chi connectivity index (χ2n) is 7.01. The van der Waals surface area contributed by atoms with Gasteiger partial charge in [0, 0.05) is 14.1 Å². The molecule has 0 bridgehead atoms. The van der Waals surface area contributed by atoms with Crippen LogP contribution in [-0.4, -0.2) is 46.1 Å². The summed E-state index contributed by atoms with van der Waals surface area (Å²) in [6.07, 6.45) is 3.23. The van der Waals surface area contributed by atoms with E-state index in [4.69, 9.17) is 0 Å². The summed E-state index contributed by atoms with van der Waals surface area (Å²) < 4.78 is 4.28. The van der Waals surface area contributed by atoms with Gasteiger partial charge < -0.3 is 20.7 Å².